The second kappa shape index (κ2) is 5.40. The van der Waals surface area contributed by atoms with Crippen molar-refractivity contribution in [3.05, 3.63) is 21.5 Å². The Bertz CT molecular complexity index is 570. The summed E-state index contributed by atoms with van der Waals surface area (Å²) in [6, 6.07) is 3.32. The first-order chi connectivity index (χ1) is 8.54. The number of nitrogen functional groups attached to an aromatic ring is 1. The Morgan fingerprint density at radius 2 is 2.28 bits per heavy atom. The van der Waals surface area contributed by atoms with E-state index in [1.165, 1.54) is 6.07 Å². The van der Waals surface area contributed by atoms with E-state index >= 15 is 0 Å². The molecule has 0 saturated carbocycles. The van der Waals surface area contributed by atoms with Crippen LogP contribution in [0.4, 0.5) is 10.3 Å². The average Bonchev–Trinajstić information content (AvgIpc) is 2.62. The fraction of sp³-hybridized carbons (Fsp3) is 0.417. The van der Waals surface area contributed by atoms with Crippen LogP contribution in [0.3, 0.4) is 0 Å². The van der Waals surface area contributed by atoms with E-state index in [1.54, 1.807) is 13.2 Å². The van der Waals surface area contributed by atoms with E-state index in [0.29, 0.717) is 16.1 Å². The van der Waals surface area contributed by atoms with E-state index in [9.17, 15) is 4.39 Å². The van der Waals surface area contributed by atoms with Gasteiger partial charge in [-0.15, -0.1) is 0 Å². The molecule has 0 saturated heterocycles. The third-order valence-corrected chi connectivity index (χ3v) is 3.77. The zero-order valence-corrected chi connectivity index (χ0v) is 12.4. The fourth-order valence-electron chi connectivity index (χ4n) is 1.99. The van der Waals surface area contributed by atoms with Crippen molar-refractivity contribution >= 4 is 39.6 Å². The Balaban J connectivity index is 2.49. The highest BCUT2D eigenvalue weighted by Crippen LogP contribution is 2.27. The summed E-state index contributed by atoms with van der Waals surface area (Å²) in [4.78, 5) is 4.27. The molecule has 0 amide bonds. The van der Waals surface area contributed by atoms with Gasteiger partial charge in [0.15, 0.2) is 0 Å². The summed E-state index contributed by atoms with van der Waals surface area (Å²) in [6.07, 6.45) is 0.805. The topological polar surface area (TPSA) is 53.1 Å². The van der Waals surface area contributed by atoms with Crippen LogP contribution in [-0.2, 0) is 4.74 Å². The van der Waals surface area contributed by atoms with Crippen molar-refractivity contribution in [2.45, 2.75) is 19.4 Å². The number of ether oxygens (including phenoxy) is 1. The number of anilines is 1. The fourth-order valence-corrected chi connectivity index (χ4v) is 2.44. The molecule has 0 bridgehead atoms. The van der Waals surface area contributed by atoms with Crippen molar-refractivity contribution in [2.75, 3.05) is 19.5 Å². The van der Waals surface area contributed by atoms with Gasteiger partial charge in [0.1, 0.15) is 5.82 Å². The molecule has 0 aliphatic heterocycles. The molecule has 4 nitrogen and oxygen atoms in total. The molecule has 2 N–H and O–H groups in total. The Kier molecular flexibility index (Phi) is 4.06. The van der Waals surface area contributed by atoms with E-state index in [-0.39, 0.29) is 11.9 Å². The number of fused-ring (bicyclic) bond motifs is 1. The number of rotatable bonds is 4. The summed E-state index contributed by atoms with van der Waals surface area (Å²) in [6.45, 7) is 2.65. The van der Waals surface area contributed by atoms with Crippen LogP contribution in [0, 0.1) is 9.39 Å². The number of nitrogens with zero attached hydrogens (tertiary/aromatic N) is 2. The predicted octanol–water partition coefficient (Wildman–Crippen LogP) is 2.96. The van der Waals surface area contributed by atoms with Gasteiger partial charge in [-0.1, -0.05) is 0 Å². The van der Waals surface area contributed by atoms with E-state index in [2.05, 4.69) is 4.98 Å². The third kappa shape index (κ3) is 2.44. The second-order valence-electron chi connectivity index (χ2n) is 4.23. The Morgan fingerprint density at radius 3 is 2.94 bits per heavy atom. The lowest BCUT2D eigenvalue weighted by molar-refractivity contribution is 0.182. The smallest absolute Gasteiger partial charge is 0.201 e. The number of aromatic nitrogens is 2. The summed E-state index contributed by atoms with van der Waals surface area (Å²) < 4.78 is 21.1. The first-order valence-corrected chi connectivity index (χ1v) is 6.74. The number of nitrogens with two attached hydrogens (primary N) is 1. The first kappa shape index (κ1) is 13.5. The molecule has 0 fully saturated rings. The van der Waals surface area contributed by atoms with Crippen LogP contribution in [0.25, 0.3) is 11.0 Å². The third-order valence-electron chi connectivity index (χ3n) is 2.94. The van der Waals surface area contributed by atoms with Crippen LogP contribution >= 0.6 is 22.6 Å². The highest BCUT2D eigenvalue weighted by Gasteiger charge is 2.15. The molecule has 1 atom stereocenters. The van der Waals surface area contributed by atoms with E-state index < -0.39 is 0 Å². The van der Waals surface area contributed by atoms with Crippen molar-refractivity contribution in [3.8, 4) is 0 Å². The Morgan fingerprint density at radius 1 is 1.56 bits per heavy atom. The molecule has 0 aliphatic rings. The van der Waals surface area contributed by atoms with Gasteiger partial charge in [0, 0.05) is 25.8 Å². The standard InChI is InChI=1S/C12H15FIN3O/c1-7(3-4-18-2)17-11-5-8(13)9(14)6-10(11)16-12(17)15/h5-7H,3-4H2,1-2H3,(H2,15,16). The zero-order chi connectivity index (χ0) is 13.3. The molecule has 1 aromatic heterocycles. The maximum absolute atomic E-state index is 13.6. The van der Waals surface area contributed by atoms with Crippen LogP contribution in [0.1, 0.15) is 19.4 Å². The molecule has 0 aliphatic carbocycles. The zero-order valence-electron chi connectivity index (χ0n) is 10.3. The summed E-state index contributed by atoms with van der Waals surface area (Å²) >= 11 is 1.95. The molecular weight excluding hydrogens is 348 g/mol. The van der Waals surface area contributed by atoms with Crippen LogP contribution in [0.5, 0.6) is 0 Å². The van der Waals surface area contributed by atoms with Gasteiger partial charge in [0.25, 0.3) is 0 Å². The molecule has 98 valence electrons. The summed E-state index contributed by atoms with van der Waals surface area (Å²) in [5.74, 6) is 0.165. The summed E-state index contributed by atoms with van der Waals surface area (Å²) in [5, 5.41) is 0. The number of hydrogen-bond acceptors (Lipinski definition) is 3. The largest absolute Gasteiger partial charge is 0.385 e. The van der Waals surface area contributed by atoms with Gasteiger partial charge in [-0.3, -0.25) is 0 Å². The lowest BCUT2D eigenvalue weighted by Gasteiger charge is -2.15. The molecule has 0 radical (unpaired) electrons. The van der Waals surface area contributed by atoms with Crippen molar-refractivity contribution in [1.82, 2.24) is 9.55 Å². The molecule has 18 heavy (non-hydrogen) atoms. The average molecular weight is 363 g/mol. The molecule has 6 heteroatoms. The van der Waals surface area contributed by atoms with Crippen LogP contribution in [0.15, 0.2) is 12.1 Å². The first-order valence-electron chi connectivity index (χ1n) is 5.66. The quantitative estimate of drug-likeness (QED) is 0.850. The molecular formula is C12H15FIN3O. The number of imidazole rings is 1. The van der Waals surface area contributed by atoms with Crippen LogP contribution in [0.2, 0.25) is 0 Å². The number of methoxy groups -OCH3 is 1. The van der Waals surface area contributed by atoms with Gasteiger partial charge >= 0.3 is 0 Å². The predicted molar refractivity (Wildman–Crippen MR) is 78.0 cm³/mol. The minimum atomic E-state index is -0.247. The number of benzene rings is 1. The molecule has 0 spiro atoms. The summed E-state index contributed by atoms with van der Waals surface area (Å²) in [7, 11) is 1.66. The number of halogens is 2. The minimum Gasteiger partial charge on any atom is -0.385 e. The second-order valence-corrected chi connectivity index (χ2v) is 5.39. The number of hydrogen-bond donors (Lipinski definition) is 1. The van der Waals surface area contributed by atoms with Crippen molar-refractivity contribution in [1.29, 1.82) is 0 Å². The monoisotopic (exact) mass is 363 g/mol. The van der Waals surface area contributed by atoms with Gasteiger partial charge in [-0.05, 0) is 42.0 Å². The van der Waals surface area contributed by atoms with E-state index in [0.717, 1.165) is 17.5 Å². The van der Waals surface area contributed by atoms with Crippen LogP contribution < -0.4 is 5.73 Å². The lowest BCUT2D eigenvalue weighted by atomic mass is 10.2. The van der Waals surface area contributed by atoms with Gasteiger partial charge < -0.3 is 15.0 Å². The minimum absolute atomic E-state index is 0.120. The lowest BCUT2D eigenvalue weighted by Crippen LogP contribution is -2.11. The Labute approximate surface area is 118 Å². The molecule has 2 rings (SSSR count). The molecule has 1 unspecified atom stereocenters. The van der Waals surface area contributed by atoms with Crippen molar-refractivity contribution in [2.24, 2.45) is 0 Å². The van der Waals surface area contributed by atoms with Gasteiger partial charge in [-0.2, -0.15) is 0 Å². The van der Waals surface area contributed by atoms with Crippen molar-refractivity contribution < 1.29 is 9.13 Å². The van der Waals surface area contributed by atoms with Crippen molar-refractivity contribution in [3.63, 3.8) is 0 Å². The normalized spacial score (nSPS) is 13.1. The van der Waals surface area contributed by atoms with Gasteiger partial charge in [-0.25, -0.2) is 9.37 Å². The Hall–Kier alpha value is -0.890. The summed E-state index contributed by atoms with van der Waals surface area (Å²) in [5.41, 5.74) is 7.37. The maximum atomic E-state index is 13.6. The molecule has 1 aromatic carbocycles. The highest BCUT2D eigenvalue weighted by atomic mass is 127. The van der Waals surface area contributed by atoms with E-state index in [4.69, 9.17) is 10.5 Å². The van der Waals surface area contributed by atoms with E-state index in [1.807, 2.05) is 34.1 Å². The van der Waals surface area contributed by atoms with Gasteiger partial charge in [0.2, 0.25) is 5.95 Å². The SMILES string of the molecule is COCCC(C)n1c(N)nc2cc(I)c(F)cc21. The molecule has 1 heterocycles. The highest BCUT2D eigenvalue weighted by molar-refractivity contribution is 14.1. The van der Waals surface area contributed by atoms with Gasteiger partial charge in [0.05, 0.1) is 14.6 Å². The molecule has 2 aromatic rings. The van der Waals surface area contributed by atoms with Crippen LogP contribution in [-0.4, -0.2) is 23.3 Å². The maximum Gasteiger partial charge on any atom is 0.201 e.